The van der Waals surface area contributed by atoms with Gasteiger partial charge in [-0.25, -0.2) is 9.18 Å². The average molecular weight is 317 g/mol. The second kappa shape index (κ2) is 6.76. The number of carbonyl (C=O) groups is 1. The van der Waals surface area contributed by atoms with Crippen LogP contribution in [0.2, 0.25) is 0 Å². The van der Waals surface area contributed by atoms with E-state index in [0.29, 0.717) is 25.6 Å². The molecular weight excluding hydrogens is 297 g/mol. The van der Waals surface area contributed by atoms with Crippen LogP contribution in [0.15, 0.2) is 30.6 Å². The molecule has 6 nitrogen and oxygen atoms in total. The average Bonchev–Trinajstić information content (AvgIpc) is 2.99. The number of aromatic nitrogens is 3. The van der Waals surface area contributed by atoms with E-state index in [0.717, 1.165) is 24.2 Å². The summed E-state index contributed by atoms with van der Waals surface area (Å²) >= 11 is 0. The number of rotatable bonds is 3. The number of amides is 2. The number of hydrogen-bond donors (Lipinski definition) is 1. The van der Waals surface area contributed by atoms with Gasteiger partial charge < -0.3 is 14.8 Å². The molecule has 2 aromatic rings. The first-order valence-electron chi connectivity index (χ1n) is 7.74. The third-order valence-electron chi connectivity index (χ3n) is 4.23. The van der Waals surface area contributed by atoms with Gasteiger partial charge >= 0.3 is 6.03 Å². The zero-order valence-corrected chi connectivity index (χ0v) is 13.1. The minimum atomic E-state index is -0.291. The van der Waals surface area contributed by atoms with Gasteiger partial charge in [-0.2, -0.15) is 0 Å². The molecular formula is C16H20FN5O. The molecule has 7 heteroatoms. The van der Waals surface area contributed by atoms with Crippen LogP contribution in [0.1, 0.15) is 30.1 Å². The molecule has 0 saturated carbocycles. The van der Waals surface area contributed by atoms with E-state index < -0.39 is 0 Å². The van der Waals surface area contributed by atoms with Crippen molar-refractivity contribution in [3.05, 3.63) is 47.8 Å². The summed E-state index contributed by atoms with van der Waals surface area (Å²) in [6, 6.07) is 6.15. The summed E-state index contributed by atoms with van der Waals surface area (Å²) < 4.78 is 15.1. The third-order valence-corrected chi connectivity index (χ3v) is 4.23. The maximum absolute atomic E-state index is 13.1. The zero-order chi connectivity index (χ0) is 16.2. The standard InChI is InChI=1S/C16H20FN5O/c1-21-11-19-20-15(21)13-5-7-22(8-6-13)16(23)18-10-12-3-2-4-14(17)9-12/h2-4,9,11,13H,5-8,10H2,1H3,(H,18,23). The van der Waals surface area contributed by atoms with Gasteiger partial charge in [0, 0.05) is 32.6 Å². The smallest absolute Gasteiger partial charge is 0.317 e. The largest absolute Gasteiger partial charge is 0.334 e. The lowest BCUT2D eigenvalue weighted by Gasteiger charge is -2.31. The number of halogens is 1. The number of hydrogen-bond acceptors (Lipinski definition) is 3. The van der Waals surface area contributed by atoms with Gasteiger partial charge in [-0.15, -0.1) is 10.2 Å². The van der Waals surface area contributed by atoms with Crippen LogP contribution in [0.4, 0.5) is 9.18 Å². The van der Waals surface area contributed by atoms with Crippen LogP contribution in [0, 0.1) is 5.82 Å². The van der Waals surface area contributed by atoms with Gasteiger partial charge in [0.05, 0.1) is 0 Å². The first-order chi connectivity index (χ1) is 11.1. The van der Waals surface area contributed by atoms with E-state index in [1.165, 1.54) is 12.1 Å². The van der Waals surface area contributed by atoms with Crippen molar-refractivity contribution in [3.8, 4) is 0 Å². The number of nitrogens with zero attached hydrogens (tertiary/aromatic N) is 4. The van der Waals surface area contributed by atoms with Gasteiger partial charge in [0.15, 0.2) is 0 Å². The summed E-state index contributed by atoms with van der Waals surface area (Å²) in [4.78, 5) is 14.0. The number of likely N-dealkylation sites (tertiary alicyclic amines) is 1. The summed E-state index contributed by atoms with van der Waals surface area (Å²) in [5.41, 5.74) is 0.757. The van der Waals surface area contributed by atoms with Gasteiger partial charge in [-0.1, -0.05) is 12.1 Å². The van der Waals surface area contributed by atoms with Crippen LogP contribution in [-0.2, 0) is 13.6 Å². The highest BCUT2D eigenvalue weighted by Gasteiger charge is 2.26. The molecule has 1 fully saturated rings. The number of piperidine rings is 1. The monoisotopic (exact) mass is 317 g/mol. The van der Waals surface area contributed by atoms with Gasteiger partial charge in [0.2, 0.25) is 0 Å². The maximum atomic E-state index is 13.1. The van der Waals surface area contributed by atoms with Crippen molar-refractivity contribution >= 4 is 6.03 Å². The van der Waals surface area contributed by atoms with Crippen molar-refractivity contribution in [1.82, 2.24) is 25.0 Å². The normalized spacial score (nSPS) is 15.7. The van der Waals surface area contributed by atoms with E-state index >= 15 is 0 Å². The Balaban J connectivity index is 1.49. The van der Waals surface area contributed by atoms with Gasteiger partial charge in [-0.3, -0.25) is 0 Å². The van der Waals surface area contributed by atoms with Crippen LogP contribution >= 0.6 is 0 Å². The van der Waals surface area contributed by atoms with Crippen molar-refractivity contribution in [2.24, 2.45) is 7.05 Å². The van der Waals surface area contributed by atoms with Crippen LogP contribution < -0.4 is 5.32 Å². The molecule has 2 heterocycles. The van der Waals surface area contributed by atoms with Gasteiger partial charge in [0.1, 0.15) is 18.0 Å². The molecule has 2 amide bonds. The fraction of sp³-hybridized carbons (Fsp3) is 0.438. The predicted molar refractivity (Wildman–Crippen MR) is 83.2 cm³/mol. The van der Waals surface area contributed by atoms with E-state index in [4.69, 9.17) is 0 Å². The Bertz CT molecular complexity index is 679. The number of aryl methyl sites for hydroxylation is 1. The summed E-state index contributed by atoms with van der Waals surface area (Å²) in [5.74, 6) is 1.03. The Morgan fingerprint density at radius 3 is 2.83 bits per heavy atom. The molecule has 0 radical (unpaired) electrons. The highest BCUT2D eigenvalue weighted by Crippen LogP contribution is 2.25. The number of benzene rings is 1. The van der Waals surface area contributed by atoms with Crippen molar-refractivity contribution in [2.45, 2.75) is 25.3 Å². The quantitative estimate of drug-likeness (QED) is 0.942. The lowest BCUT2D eigenvalue weighted by molar-refractivity contribution is 0.179. The lowest BCUT2D eigenvalue weighted by Crippen LogP contribution is -2.44. The maximum Gasteiger partial charge on any atom is 0.317 e. The summed E-state index contributed by atoms with van der Waals surface area (Å²) in [6.07, 6.45) is 3.45. The fourth-order valence-electron chi connectivity index (χ4n) is 2.94. The van der Waals surface area contributed by atoms with Crippen molar-refractivity contribution in [3.63, 3.8) is 0 Å². The second-order valence-electron chi connectivity index (χ2n) is 5.85. The minimum absolute atomic E-state index is 0.106. The summed E-state index contributed by atoms with van der Waals surface area (Å²) in [5, 5.41) is 10.9. The van der Waals surface area contributed by atoms with Crippen LogP contribution in [-0.4, -0.2) is 38.8 Å². The molecule has 23 heavy (non-hydrogen) atoms. The molecule has 1 N–H and O–H groups in total. The van der Waals surface area contributed by atoms with E-state index in [1.807, 2.05) is 11.6 Å². The van der Waals surface area contributed by atoms with E-state index in [-0.39, 0.29) is 11.8 Å². The molecule has 0 unspecified atom stereocenters. The zero-order valence-electron chi connectivity index (χ0n) is 13.1. The molecule has 0 aliphatic carbocycles. The Morgan fingerprint density at radius 1 is 1.39 bits per heavy atom. The molecule has 3 rings (SSSR count). The number of nitrogens with one attached hydrogen (secondary N) is 1. The molecule has 1 aliphatic heterocycles. The molecule has 0 bridgehead atoms. The van der Waals surface area contributed by atoms with Gasteiger partial charge in [-0.05, 0) is 30.5 Å². The first kappa shape index (κ1) is 15.5. The van der Waals surface area contributed by atoms with E-state index in [1.54, 1.807) is 23.4 Å². The summed E-state index contributed by atoms with van der Waals surface area (Å²) in [7, 11) is 1.94. The first-order valence-corrected chi connectivity index (χ1v) is 7.74. The second-order valence-corrected chi connectivity index (χ2v) is 5.85. The van der Waals surface area contributed by atoms with Crippen molar-refractivity contribution < 1.29 is 9.18 Å². The molecule has 1 aromatic heterocycles. The van der Waals surface area contributed by atoms with Gasteiger partial charge in [0.25, 0.3) is 0 Å². The van der Waals surface area contributed by atoms with Crippen LogP contribution in [0.3, 0.4) is 0 Å². The molecule has 1 aliphatic rings. The third kappa shape index (κ3) is 3.67. The molecule has 0 spiro atoms. The molecule has 122 valence electrons. The topological polar surface area (TPSA) is 63.1 Å². The SMILES string of the molecule is Cn1cnnc1C1CCN(C(=O)NCc2cccc(F)c2)CC1. The Kier molecular flexibility index (Phi) is 4.55. The minimum Gasteiger partial charge on any atom is -0.334 e. The lowest BCUT2D eigenvalue weighted by atomic mass is 9.96. The molecule has 1 saturated heterocycles. The van der Waals surface area contributed by atoms with E-state index in [2.05, 4.69) is 15.5 Å². The summed E-state index contributed by atoms with van der Waals surface area (Å²) in [6.45, 7) is 1.71. The van der Waals surface area contributed by atoms with Crippen molar-refractivity contribution in [2.75, 3.05) is 13.1 Å². The predicted octanol–water partition coefficient (Wildman–Crippen LogP) is 2.04. The Labute approximate surface area is 134 Å². The van der Waals surface area contributed by atoms with Crippen LogP contribution in [0.25, 0.3) is 0 Å². The highest BCUT2D eigenvalue weighted by molar-refractivity contribution is 5.74. The highest BCUT2D eigenvalue weighted by atomic mass is 19.1. The molecule has 0 atom stereocenters. The number of urea groups is 1. The fourth-order valence-corrected chi connectivity index (χ4v) is 2.94. The van der Waals surface area contributed by atoms with Crippen molar-refractivity contribution in [1.29, 1.82) is 0 Å². The molecule has 1 aromatic carbocycles. The number of carbonyl (C=O) groups excluding carboxylic acids is 1. The van der Waals surface area contributed by atoms with E-state index in [9.17, 15) is 9.18 Å². The Morgan fingerprint density at radius 2 is 2.17 bits per heavy atom. The Hall–Kier alpha value is -2.44. The van der Waals surface area contributed by atoms with Crippen LogP contribution in [0.5, 0.6) is 0 Å².